The van der Waals surface area contributed by atoms with Gasteiger partial charge in [0.15, 0.2) is 0 Å². The smallest absolute Gasteiger partial charge is 0.300 e. The first-order valence-electron chi connectivity index (χ1n) is 10.2. The van der Waals surface area contributed by atoms with Gasteiger partial charge >= 0.3 is 0 Å². The highest BCUT2D eigenvalue weighted by atomic mass is 16.5. The maximum atomic E-state index is 13.2. The van der Waals surface area contributed by atoms with Crippen LogP contribution in [0.1, 0.15) is 17.2 Å². The Labute approximate surface area is 187 Å². The number of ether oxygens (including phenoxy) is 1. The van der Waals surface area contributed by atoms with Crippen LogP contribution in [0.5, 0.6) is 5.75 Å². The van der Waals surface area contributed by atoms with Gasteiger partial charge in [0.25, 0.3) is 11.7 Å². The molecule has 1 fully saturated rings. The Hall–Kier alpha value is -4.06. The Morgan fingerprint density at radius 3 is 2.25 bits per heavy atom. The Kier molecular flexibility index (Phi) is 5.69. The van der Waals surface area contributed by atoms with E-state index in [0.29, 0.717) is 17.0 Å². The topological polar surface area (TPSA) is 70.1 Å². The molecule has 1 atom stereocenters. The lowest BCUT2D eigenvalue weighted by Gasteiger charge is -2.26. The van der Waals surface area contributed by atoms with Crippen molar-refractivity contribution in [3.8, 4) is 5.75 Å². The number of carbonyl (C=O) groups excluding carboxylic acids is 2. The molecule has 6 nitrogen and oxygen atoms in total. The van der Waals surface area contributed by atoms with Gasteiger partial charge in [0.2, 0.25) is 0 Å². The summed E-state index contributed by atoms with van der Waals surface area (Å²) < 4.78 is 5.25. The summed E-state index contributed by atoms with van der Waals surface area (Å²) in [5, 5.41) is 11.2. The zero-order chi connectivity index (χ0) is 22.8. The number of benzene rings is 3. The normalized spacial score (nSPS) is 17.5. The molecule has 0 aromatic heterocycles. The quantitative estimate of drug-likeness (QED) is 0.371. The molecule has 1 N–H and O–H groups in total. The number of ketones is 1. The van der Waals surface area contributed by atoms with E-state index in [1.54, 1.807) is 24.3 Å². The number of anilines is 2. The van der Waals surface area contributed by atoms with Crippen molar-refractivity contribution in [3.63, 3.8) is 0 Å². The van der Waals surface area contributed by atoms with Gasteiger partial charge in [-0.1, -0.05) is 42.5 Å². The van der Waals surface area contributed by atoms with E-state index in [9.17, 15) is 14.7 Å². The predicted octanol–water partition coefficient (Wildman–Crippen LogP) is 4.39. The highest BCUT2D eigenvalue weighted by Crippen LogP contribution is 2.42. The van der Waals surface area contributed by atoms with Crippen LogP contribution in [0.25, 0.3) is 5.76 Å². The lowest BCUT2D eigenvalue weighted by Crippen LogP contribution is -2.29. The molecule has 1 heterocycles. The van der Waals surface area contributed by atoms with Crippen molar-refractivity contribution in [2.45, 2.75) is 6.04 Å². The molecule has 0 bridgehead atoms. The van der Waals surface area contributed by atoms with E-state index in [0.717, 1.165) is 11.3 Å². The maximum Gasteiger partial charge on any atom is 0.300 e. The molecule has 0 saturated carbocycles. The minimum Gasteiger partial charge on any atom is -0.507 e. The molecule has 3 aromatic rings. The average molecular weight is 428 g/mol. The number of Topliss-reactive ketones (excluding diaryl/α,β-unsaturated/α-hetero) is 1. The van der Waals surface area contributed by atoms with E-state index in [1.807, 2.05) is 73.6 Å². The molecule has 3 aromatic carbocycles. The van der Waals surface area contributed by atoms with Crippen LogP contribution in [0, 0.1) is 0 Å². The third-order valence-corrected chi connectivity index (χ3v) is 5.55. The summed E-state index contributed by atoms with van der Waals surface area (Å²) in [5.41, 5.74) is 2.74. The van der Waals surface area contributed by atoms with E-state index in [-0.39, 0.29) is 11.3 Å². The molecular weight excluding hydrogens is 404 g/mol. The lowest BCUT2D eigenvalue weighted by atomic mass is 9.95. The summed E-state index contributed by atoms with van der Waals surface area (Å²) in [5.74, 6) is -1.10. The van der Waals surface area contributed by atoms with E-state index in [2.05, 4.69) is 0 Å². The van der Waals surface area contributed by atoms with Crippen LogP contribution in [-0.4, -0.2) is 38.0 Å². The lowest BCUT2D eigenvalue weighted by molar-refractivity contribution is -0.132. The van der Waals surface area contributed by atoms with Gasteiger partial charge in [-0.15, -0.1) is 0 Å². The highest BCUT2D eigenvalue weighted by Gasteiger charge is 2.46. The summed E-state index contributed by atoms with van der Waals surface area (Å²) in [6, 6.07) is 22.7. The first kappa shape index (κ1) is 21.2. The molecule has 32 heavy (non-hydrogen) atoms. The summed E-state index contributed by atoms with van der Waals surface area (Å²) in [6.07, 6.45) is 0. The first-order chi connectivity index (χ1) is 15.4. The van der Waals surface area contributed by atoms with E-state index in [1.165, 1.54) is 12.0 Å². The zero-order valence-electron chi connectivity index (χ0n) is 18.1. The standard InChI is InChI=1S/C26H24N2O4/c1-27(2)19-12-14-20(15-13-19)28-23(17-8-5-4-6-9-17)22(25(30)26(28)31)24(29)18-10-7-11-21(16-18)32-3/h4-16,23,29H,1-3H3/b24-22+. The van der Waals surface area contributed by atoms with E-state index < -0.39 is 17.7 Å². The predicted molar refractivity (Wildman–Crippen MR) is 125 cm³/mol. The van der Waals surface area contributed by atoms with Crippen molar-refractivity contribution in [3.05, 3.63) is 95.6 Å². The van der Waals surface area contributed by atoms with Gasteiger partial charge in [0.05, 0.1) is 18.7 Å². The Balaban J connectivity index is 1.90. The largest absolute Gasteiger partial charge is 0.507 e. The monoisotopic (exact) mass is 428 g/mol. The van der Waals surface area contributed by atoms with Crippen molar-refractivity contribution in [1.82, 2.24) is 0 Å². The molecule has 1 saturated heterocycles. The number of carbonyl (C=O) groups is 2. The van der Waals surface area contributed by atoms with Crippen molar-refractivity contribution < 1.29 is 19.4 Å². The van der Waals surface area contributed by atoms with Gasteiger partial charge in [-0.2, -0.15) is 0 Å². The van der Waals surface area contributed by atoms with Crippen LogP contribution in [0.15, 0.2) is 84.4 Å². The fourth-order valence-electron chi connectivity index (χ4n) is 3.89. The highest BCUT2D eigenvalue weighted by molar-refractivity contribution is 6.51. The van der Waals surface area contributed by atoms with Crippen LogP contribution in [0.4, 0.5) is 11.4 Å². The van der Waals surface area contributed by atoms with Gasteiger partial charge < -0.3 is 14.7 Å². The number of hydrogen-bond donors (Lipinski definition) is 1. The van der Waals surface area contributed by atoms with Crippen molar-refractivity contribution in [2.24, 2.45) is 0 Å². The van der Waals surface area contributed by atoms with Crippen LogP contribution >= 0.6 is 0 Å². The second kappa shape index (κ2) is 8.59. The van der Waals surface area contributed by atoms with E-state index in [4.69, 9.17) is 4.74 Å². The number of methoxy groups -OCH3 is 1. The van der Waals surface area contributed by atoms with Gasteiger partial charge in [-0.3, -0.25) is 14.5 Å². The van der Waals surface area contributed by atoms with Gasteiger partial charge in [0, 0.05) is 31.0 Å². The molecular formula is C26H24N2O4. The molecule has 1 amide bonds. The molecule has 0 radical (unpaired) electrons. The van der Waals surface area contributed by atoms with Crippen molar-refractivity contribution in [2.75, 3.05) is 31.0 Å². The van der Waals surface area contributed by atoms with Gasteiger partial charge in [-0.25, -0.2) is 0 Å². The van der Waals surface area contributed by atoms with Crippen molar-refractivity contribution >= 4 is 28.8 Å². The van der Waals surface area contributed by atoms with Gasteiger partial charge in [-0.05, 0) is 42.0 Å². The maximum absolute atomic E-state index is 13.2. The molecule has 0 spiro atoms. The summed E-state index contributed by atoms with van der Waals surface area (Å²) in [6.45, 7) is 0. The number of aliphatic hydroxyl groups excluding tert-OH is 1. The summed E-state index contributed by atoms with van der Waals surface area (Å²) >= 11 is 0. The van der Waals surface area contributed by atoms with Crippen LogP contribution in [0.2, 0.25) is 0 Å². The van der Waals surface area contributed by atoms with Crippen molar-refractivity contribution in [1.29, 1.82) is 0 Å². The van der Waals surface area contributed by atoms with Crippen LogP contribution in [0.3, 0.4) is 0 Å². The minimum absolute atomic E-state index is 0.0474. The average Bonchev–Trinajstić information content (AvgIpc) is 3.09. The minimum atomic E-state index is -0.757. The summed E-state index contributed by atoms with van der Waals surface area (Å²) in [4.78, 5) is 29.7. The Morgan fingerprint density at radius 1 is 0.938 bits per heavy atom. The Bertz CT molecular complexity index is 1180. The molecule has 0 aliphatic carbocycles. The number of nitrogens with zero attached hydrogens (tertiary/aromatic N) is 2. The van der Waals surface area contributed by atoms with Crippen LogP contribution in [-0.2, 0) is 9.59 Å². The SMILES string of the molecule is COc1cccc(/C(O)=C2\C(=O)C(=O)N(c3ccc(N(C)C)cc3)C2c2ccccc2)c1. The third-order valence-electron chi connectivity index (χ3n) is 5.55. The number of hydrogen-bond acceptors (Lipinski definition) is 5. The molecule has 4 rings (SSSR count). The molecule has 1 aliphatic rings. The fourth-order valence-corrected chi connectivity index (χ4v) is 3.89. The number of aliphatic hydroxyl groups is 1. The third kappa shape index (κ3) is 3.71. The summed E-state index contributed by atoms with van der Waals surface area (Å²) in [7, 11) is 5.39. The number of amides is 1. The molecule has 1 unspecified atom stereocenters. The second-order valence-electron chi connectivity index (χ2n) is 7.72. The van der Waals surface area contributed by atoms with Gasteiger partial charge in [0.1, 0.15) is 11.5 Å². The molecule has 1 aliphatic heterocycles. The van der Waals surface area contributed by atoms with Crippen LogP contribution < -0.4 is 14.5 Å². The number of rotatable bonds is 5. The Morgan fingerprint density at radius 2 is 1.62 bits per heavy atom. The fraction of sp³-hybridized carbons (Fsp3) is 0.154. The zero-order valence-corrected chi connectivity index (χ0v) is 18.1. The molecule has 162 valence electrons. The van der Waals surface area contributed by atoms with E-state index >= 15 is 0 Å². The molecule has 6 heteroatoms. The first-order valence-corrected chi connectivity index (χ1v) is 10.2. The second-order valence-corrected chi connectivity index (χ2v) is 7.72.